The van der Waals surface area contributed by atoms with Gasteiger partial charge < -0.3 is 9.80 Å². The van der Waals surface area contributed by atoms with Crippen molar-refractivity contribution in [3.8, 4) is 0 Å². The molecule has 0 amide bonds. The summed E-state index contributed by atoms with van der Waals surface area (Å²) >= 11 is 0. The zero-order chi connectivity index (χ0) is 6.62. The third-order valence-corrected chi connectivity index (χ3v) is 1.03. The molecule has 0 radical (unpaired) electrons. The number of halogens is 3. The Bertz CT molecular complexity index is 63.3. The number of hydrogen-bond donors (Lipinski definition) is 1. The second-order valence-corrected chi connectivity index (χ2v) is 3.12. The van der Waals surface area contributed by atoms with Gasteiger partial charge in [-0.05, 0) is 7.05 Å². The second-order valence-electron chi connectivity index (χ2n) is 3.12. The van der Waals surface area contributed by atoms with E-state index in [0.717, 1.165) is 11.0 Å². The lowest BCUT2D eigenvalue weighted by Crippen LogP contribution is -2.39. The molecular weight excluding hydrogens is 206 g/mol. The van der Waals surface area contributed by atoms with Crippen LogP contribution in [0.2, 0.25) is 0 Å². The number of rotatable bonds is 3. The van der Waals surface area contributed by atoms with Crippen LogP contribution >= 0.6 is 37.2 Å². The first-order chi connectivity index (χ1) is 3.56. The average Bonchev–Trinajstić information content (AvgIpc) is 1.59. The fourth-order valence-electron chi connectivity index (χ4n) is 0.447. The van der Waals surface area contributed by atoms with Gasteiger partial charge >= 0.3 is 0 Å². The highest BCUT2D eigenvalue weighted by Crippen LogP contribution is 1.84. The first-order valence-electron chi connectivity index (χ1n) is 3.01. The van der Waals surface area contributed by atoms with Crippen LogP contribution in [0.3, 0.4) is 0 Å². The van der Waals surface area contributed by atoms with Crippen molar-refractivity contribution in [2.45, 2.75) is 0 Å². The molecule has 2 nitrogen and oxygen atoms in total. The van der Waals surface area contributed by atoms with E-state index in [0.29, 0.717) is 0 Å². The van der Waals surface area contributed by atoms with Crippen LogP contribution in [0.15, 0.2) is 0 Å². The van der Waals surface area contributed by atoms with Gasteiger partial charge in [-0.1, -0.05) is 0 Å². The van der Waals surface area contributed by atoms with E-state index in [-0.39, 0.29) is 37.2 Å². The van der Waals surface area contributed by atoms with Crippen molar-refractivity contribution in [1.82, 2.24) is 5.32 Å². The molecule has 74 valence electrons. The minimum Gasteiger partial charge on any atom is -0.330 e. The normalized spacial score (nSPS) is 8.73. The molecule has 0 aromatic rings. The summed E-state index contributed by atoms with van der Waals surface area (Å²) < 4.78 is 1.04. The molecular formula is C6H20Cl3N2+. The van der Waals surface area contributed by atoms with Gasteiger partial charge in [0, 0.05) is 6.54 Å². The van der Waals surface area contributed by atoms with Crippen LogP contribution in [0, 0.1) is 0 Å². The summed E-state index contributed by atoms with van der Waals surface area (Å²) in [5.41, 5.74) is 0. The first kappa shape index (κ1) is 22.6. The van der Waals surface area contributed by atoms with Gasteiger partial charge in [0.05, 0.1) is 27.7 Å². The Balaban J connectivity index is -0.0000000817. The molecule has 11 heavy (non-hydrogen) atoms. The number of likely N-dealkylation sites (N-methyl/N-ethyl adjacent to an activating group) is 2. The van der Waals surface area contributed by atoms with E-state index in [1.807, 2.05) is 7.05 Å². The Morgan fingerprint density at radius 1 is 1.00 bits per heavy atom. The Hall–Kier alpha value is 0.790. The quantitative estimate of drug-likeness (QED) is 0.713. The maximum atomic E-state index is 3.11. The first-order valence-corrected chi connectivity index (χ1v) is 3.01. The standard InChI is InChI=1S/C6H17N2.3ClH/c1-7-5-6-8(2,3)4;;;/h7H,5-6H2,1-4H3;3*1H/q+1;;;. The van der Waals surface area contributed by atoms with Crippen LogP contribution in [-0.4, -0.2) is 45.8 Å². The van der Waals surface area contributed by atoms with Gasteiger partial charge in [-0.15, -0.1) is 37.2 Å². The van der Waals surface area contributed by atoms with E-state index in [1.165, 1.54) is 6.54 Å². The molecule has 0 fully saturated rings. The summed E-state index contributed by atoms with van der Waals surface area (Å²) in [6.07, 6.45) is 0. The summed E-state index contributed by atoms with van der Waals surface area (Å²) in [5, 5.41) is 3.11. The average molecular weight is 227 g/mol. The molecule has 0 aliphatic rings. The van der Waals surface area contributed by atoms with Crippen LogP contribution in [0.5, 0.6) is 0 Å². The third kappa shape index (κ3) is 24.9. The van der Waals surface area contributed by atoms with Gasteiger partial charge in [0.2, 0.25) is 0 Å². The van der Waals surface area contributed by atoms with Gasteiger partial charge in [0.1, 0.15) is 0 Å². The topological polar surface area (TPSA) is 12.0 Å². The Labute approximate surface area is 88.5 Å². The molecule has 0 aromatic heterocycles. The summed E-state index contributed by atoms with van der Waals surface area (Å²) in [6.45, 7) is 2.29. The summed E-state index contributed by atoms with van der Waals surface area (Å²) in [4.78, 5) is 0. The van der Waals surface area contributed by atoms with Gasteiger partial charge in [0.15, 0.2) is 0 Å². The number of nitrogens with one attached hydrogen (secondary N) is 1. The highest BCUT2D eigenvalue weighted by atomic mass is 35.5. The third-order valence-electron chi connectivity index (χ3n) is 1.03. The molecule has 0 saturated carbocycles. The minimum absolute atomic E-state index is 0. The lowest BCUT2D eigenvalue weighted by molar-refractivity contribution is -0.869. The van der Waals surface area contributed by atoms with Crippen molar-refractivity contribution < 1.29 is 4.48 Å². The molecule has 5 heteroatoms. The second kappa shape index (κ2) is 10.8. The van der Waals surface area contributed by atoms with Gasteiger partial charge in [-0.25, -0.2) is 0 Å². The van der Waals surface area contributed by atoms with Crippen molar-refractivity contribution in [2.24, 2.45) is 0 Å². The number of nitrogens with zero attached hydrogens (tertiary/aromatic N) is 1. The molecule has 0 heterocycles. The molecule has 0 bridgehead atoms. The van der Waals surface area contributed by atoms with E-state index in [9.17, 15) is 0 Å². The molecule has 0 unspecified atom stereocenters. The zero-order valence-corrected chi connectivity index (χ0v) is 10.0. The molecule has 1 N–H and O–H groups in total. The fourth-order valence-corrected chi connectivity index (χ4v) is 0.447. The Morgan fingerprint density at radius 2 is 1.36 bits per heavy atom. The molecule has 0 saturated heterocycles. The largest absolute Gasteiger partial charge is 0.330 e. The summed E-state index contributed by atoms with van der Waals surface area (Å²) in [6, 6.07) is 0. The van der Waals surface area contributed by atoms with Crippen LogP contribution in [0.1, 0.15) is 0 Å². The highest BCUT2D eigenvalue weighted by Gasteiger charge is 2.02. The van der Waals surface area contributed by atoms with Gasteiger partial charge in [-0.2, -0.15) is 0 Å². The highest BCUT2D eigenvalue weighted by molar-refractivity contribution is 5.86. The van der Waals surface area contributed by atoms with E-state index in [1.54, 1.807) is 0 Å². The van der Waals surface area contributed by atoms with Crippen LogP contribution < -0.4 is 5.32 Å². The van der Waals surface area contributed by atoms with Crippen molar-refractivity contribution in [1.29, 1.82) is 0 Å². The van der Waals surface area contributed by atoms with Gasteiger partial charge in [-0.3, -0.25) is 0 Å². The molecule has 0 atom stereocenters. The fraction of sp³-hybridized carbons (Fsp3) is 1.00. The zero-order valence-electron chi connectivity index (χ0n) is 7.59. The van der Waals surface area contributed by atoms with Crippen molar-refractivity contribution in [3.63, 3.8) is 0 Å². The van der Waals surface area contributed by atoms with Crippen molar-refractivity contribution >= 4 is 37.2 Å². The summed E-state index contributed by atoms with van der Waals surface area (Å²) in [7, 11) is 8.56. The number of hydrogen-bond acceptors (Lipinski definition) is 1. The predicted octanol–water partition coefficient (Wildman–Crippen LogP) is 1.18. The lowest BCUT2D eigenvalue weighted by Gasteiger charge is -2.23. The molecule has 0 aromatic carbocycles. The number of quaternary nitrogens is 1. The molecule has 0 aliphatic carbocycles. The van der Waals surface area contributed by atoms with E-state index in [4.69, 9.17) is 0 Å². The maximum Gasteiger partial charge on any atom is 0.0907 e. The van der Waals surface area contributed by atoms with Crippen LogP contribution in [-0.2, 0) is 0 Å². The lowest BCUT2D eigenvalue weighted by atomic mass is 10.5. The molecule has 0 spiro atoms. The minimum atomic E-state index is 0. The van der Waals surface area contributed by atoms with Crippen LogP contribution in [0.25, 0.3) is 0 Å². The van der Waals surface area contributed by atoms with Crippen LogP contribution in [0.4, 0.5) is 0 Å². The Kier molecular flexibility index (Phi) is 22.2. The SMILES string of the molecule is CNCC[N+](C)(C)C.Cl.Cl.Cl. The summed E-state index contributed by atoms with van der Waals surface area (Å²) in [5.74, 6) is 0. The van der Waals surface area contributed by atoms with Crippen molar-refractivity contribution in [3.05, 3.63) is 0 Å². The Morgan fingerprint density at radius 3 is 1.45 bits per heavy atom. The van der Waals surface area contributed by atoms with E-state index in [2.05, 4.69) is 26.5 Å². The smallest absolute Gasteiger partial charge is 0.0907 e. The van der Waals surface area contributed by atoms with Gasteiger partial charge in [0.25, 0.3) is 0 Å². The van der Waals surface area contributed by atoms with E-state index >= 15 is 0 Å². The molecule has 0 aliphatic heterocycles. The molecule has 0 rings (SSSR count). The van der Waals surface area contributed by atoms with Crippen molar-refractivity contribution in [2.75, 3.05) is 41.3 Å². The monoisotopic (exact) mass is 225 g/mol. The predicted molar refractivity (Wildman–Crippen MR) is 58.6 cm³/mol. The maximum absolute atomic E-state index is 3.11. The van der Waals surface area contributed by atoms with E-state index < -0.39 is 0 Å².